The van der Waals surface area contributed by atoms with Crippen LogP contribution in [0.25, 0.3) is 10.6 Å². The minimum absolute atomic E-state index is 0.0205. The molecule has 2 aromatic carbocycles. The van der Waals surface area contributed by atoms with E-state index in [4.69, 9.17) is 11.6 Å². The molecule has 1 amide bonds. The van der Waals surface area contributed by atoms with Crippen LogP contribution in [0.4, 0.5) is 5.13 Å². The number of aromatic nitrogens is 2. The van der Waals surface area contributed by atoms with Gasteiger partial charge in [-0.25, -0.2) is 0 Å². The van der Waals surface area contributed by atoms with Crippen molar-refractivity contribution in [1.82, 2.24) is 15.1 Å². The van der Waals surface area contributed by atoms with E-state index < -0.39 is 0 Å². The van der Waals surface area contributed by atoms with Gasteiger partial charge in [0.2, 0.25) is 11.0 Å². The monoisotopic (exact) mass is 426 g/mol. The second kappa shape index (κ2) is 9.03. The van der Waals surface area contributed by atoms with Gasteiger partial charge in [0, 0.05) is 23.0 Å². The molecule has 1 saturated heterocycles. The molecule has 1 aliphatic heterocycles. The predicted molar refractivity (Wildman–Crippen MR) is 118 cm³/mol. The second-order valence-corrected chi connectivity index (χ2v) is 8.86. The van der Waals surface area contributed by atoms with Gasteiger partial charge in [-0.15, -0.1) is 10.2 Å². The Kier molecular flexibility index (Phi) is 6.23. The molecule has 2 heterocycles. The molecule has 0 saturated carbocycles. The van der Waals surface area contributed by atoms with E-state index in [0.29, 0.717) is 10.2 Å². The van der Waals surface area contributed by atoms with Crippen molar-refractivity contribution in [1.29, 1.82) is 0 Å². The zero-order valence-electron chi connectivity index (χ0n) is 16.3. The summed E-state index contributed by atoms with van der Waals surface area (Å²) in [4.78, 5) is 15.1. The fraction of sp³-hybridized carbons (Fsp3) is 0.318. The number of nitrogens with zero attached hydrogens (tertiary/aromatic N) is 3. The van der Waals surface area contributed by atoms with E-state index in [-0.39, 0.29) is 11.8 Å². The normalized spacial score (nSPS) is 15.4. The molecule has 4 rings (SSSR count). The molecule has 0 aliphatic carbocycles. The number of likely N-dealkylation sites (tertiary alicyclic amines) is 1. The lowest BCUT2D eigenvalue weighted by Crippen LogP contribution is -2.37. The van der Waals surface area contributed by atoms with Crippen molar-refractivity contribution < 1.29 is 4.79 Å². The number of halogens is 1. The molecule has 1 aliphatic rings. The molecular weight excluding hydrogens is 404 g/mol. The Morgan fingerprint density at radius 2 is 1.79 bits per heavy atom. The van der Waals surface area contributed by atoms with E-state index in [2.05, 4.69) is 51.6 Å². The summed E-state index contributed by atoms with van der Waals surface area (Å²) in [7, 11) is 0. The maximum absolute atomic E-state index is 12.7. The summed E-state index contributed by atoms with van der Waals surface area (Å²) >= 11 is 7.31. The SMILES string of the molecule is Cc1ccc(CN2CCC(C(=O)Nc3nnc(-c4ccc(Cl)cc4)s3)CC2)cc1. The summed E-state index contributed by atoms with van der Waals surface area (Å²) in [5.74, 6) is 0.0611. The number of anilines is 1. The highest BCUT2D eigenvalue weighted by molar-refractivity contribution is 7.18. The number of aryl methyl sites for hydroxylation is 1. The largest absolute Gasteiger partial charge is 0.300 e. The number of rotatable bonds is 5. The Hall–Kier alpha value is -2.28. The zero-order chi connectivity index (χ0) is 20.2. The number of hydrogen-bond acceptors (Lipinski definition) is 5. The first-order chi connectivity index (χ1) is 14.1. The summed E-state index contributed by atoms with van der Waals surface area (Å²) < 4.78 is 0. The first-order valence-corrected chi connectivity index (χ1v) is 10.9. The highest BCUT2D eigenvalue weighted by atomic mass is 35.5. The van der Waals surface area contributed by atoms with E-state index in [0.717, 1.165) is 43.0 Å². The highest BCUT2D eigenvalue weighted by Gasteiger charge is 2.25. The van der Waals surface area contributed by atoms with Gasteiger partial charge in [0.1, 0.15) is 5.01 Å². The zero-order valence-corrected chi connectivity index (χ0v) is 17.8. The van der Waals surface area contributed by atoms with Crippen LogP contribution in [0.3, 0.4) is 0 Å². The van der Waals surface area contributed by atoms with Gasteiger partial charge in [0.25, 0.3) is 0 Å². The smallest absolute Gasteiger partial charge is 0.229 e. The molecule has 0 unspecified atom stereocenters. The Balaban J connectivity index is 1.29. The molecule has 0 spiro atoms. The molecule has 29 heavy (non-hydrogen) atoms. The number of benzene rings is 2. The third kappa shape index (κ3) is 5.21. The fourth-order valence-electron chi connectivity index (χ4n) is 3.50. The van der Waals surface area contributed by atoms with Crippen LogP contribution < -0.4 is 5.32 Å². The van der Waals surface area contributed by atoms with Gasteiger partial charge in [0.15, 0.2) is 0 Å². The Morgan fingerprint density at radius 3 is 2.48 bits per heavy atom. The quantitative estimate of drug-likeness (QED) is 0.622. The Bertz CT molecular complexity index is 963. The standard InChI is InChI=1S/C22H23ClN4OS/c1-15-2-4-16(5-3-15)14-27-12-10-17(11-13-27)20(28)24-22-26-25-21(29-22)18-6-8-19(23)9-7-18/h2-9,17H,10-14H2,1H3,(H,24,26,28). The molecule has 1 N–H and O–H groups in total. The number of hydrogen-bond donors (Lipinski definition) is 1. The van der Waals surface area contributed by atoms with E-state index in [1.54, 1.807) is 0 Å². The lowest BCUT2D eigenvalue weighted by molar-refractivity contribution is -0.121. The van der Waals surface area contributed by atoms with Gasteiger partial charge in [0.05, 0.1) is 0 Å². The summed E-state index contributed by atoms with van der Waals surface area (Å²) in [6.45, 7) is 4.90. The minimum Gasteiger partial charge on any atom is -0.300 e. The van der Waals surface area contributed by atoms with Crippen molar-refractivity contribution in [3.05, 3.63) is 64.7 Å². The van der Waals surface area contributed by atoms with Crippen LogP contribution in [-0.4, -0.2) is 34.1 Å². The summed E-state index contributed by atoms with van der Waals surface area (Å²) in [6.07, 6.45) is 1.72. The molecule has 0 radical (unpaired) electrons. The maximum atomic E-state index is 12.7. The van der Waals surface area contributed by atoms with E-state index >= 15 is 0 Å². The van der Waals surface area contributed by atoms with Crippen LogP contribution in [0.15, 0.2) is 48.5 Å². The van der Waals surface area contributed by atoms with Crippen LogP contribution in [0.5, 0.6) is 0 Å². The second-order valence-electron chi connectivity index (χ2n) is 7.44. The molecule has 1 fully saturated rings. The number of nitrogens with one attached hydrogen (secondary N) is 1. The third-order valence-corrected chi connectivity index (χ3v) is 6.37. The first-order valence-electron chi connectivity index (χ1n) is 9.75. The summed E-state index contributed by atoms with van der Waals surface area (Å²) in [6, 6.07) is 16.1. The molecule has 5 nitrogen and oxygen atoms in total. The Morgan fingerprint density at radius 1 is 1.10 bits per heavy atom. The van der Waals surface area contributed by atoms with Gasteiger partial charge in [-0.1, -0.05) is 64.9 Å². The van der Waals surface area contributed by atoms with Crippen LogP contribution >= 0.6 is 22.9 Å². The van der Waals surface area contributed by atoms with Gasteiger partial charge >= 0.3 is 0 Å². The fourth-order valence-corrected chi connectivity index (χ4v) is 4.37. The maximum Gasteiger partial charge on any atom is 0.229 e. The van der Waals surface area contributed by atoms with E-state index in [1.807, 2.05) is 24.3 Å². The van der Waals surface area contributed by atoms with Crippen molar-refractivity contribution in [3.63, 3.8) is 0 Å². The highest BCUT2D eigenvalue weighted by Crippen LogP contribution is 2.28. The molecule has 0 atom stereocenters. The lowest BCUT2D eigenvalue weighted by Gasteiger charge is -2.31. The molecule has 7 heteroatoms. The van der Waals surface area contributed by atoms with Gasteiger partial charge < -0.3 is 5.32 Å². The first kappa shape index (κ1) is 20.0. The van der Waals surface area contributed by atoms with Crippen molar-refractivity contribution >= 4 is 34.0 Å². The number of amides is 1. The molecule has 0 bridgehead atoms. The third-order valence-electron chi connectivity index (χ3n) is 5.23. The molecule has 1 aromatic heterocycles. The molecular formula is C22H23ClN4OS. The van der Waals surface area contributed by atoms with Gasteiger partial charge in [-0.05, 0) is 50.6 Å². The van der Waals surface area contributed by atoms with E-state index in [9.17, 15) is 4.79 Å². The van der Waals surface area contributed by atoms with Crippen molar-refractivity contribution in [2.45, 2.75) is 26.3 Å². The van der Waals surface area contributed by atoms with Crippen LogP contribution in [0, 0.1) is 12.8 Å². The van der Waals surface area contributed by atoms with Crippen molar-refractivity contribution in [2.24, 2.45) is 5.92 Å². The number of piperidine rings is 1. The molecule has 3 aromatic rings. The van der Waals surface area contributed by atoms with Crippen LogP contribution in [-0.2, 0) is 11.3 Å². The van der Waals surface area contributed by atoms with Crippen molar-refractivity contribution in [2.75, 3.05) is 18.4 Å². The summed E-state index contributed by atoms with van der Waals surface area (Å²) in [5, 5.41) is 13.2. The number of carbonyl (C=O) groups excluding carboxylic acids is 1. The van der Waals surface area contributed by atoms with E-state index in [1.165, 1.54) is 22.5 Å². The van der Waals surface area contributed by atoms with Gasteiger partial charge in [-0.2, -0.15) is 0 Å². The van der Waals surface area contributed by atoms with Gasteiger partial charge in [-0.3, -0.25) is 9.69 Å². The summed E-state index contributed by atoms with van der Waals surface area (Å²) in [5.41, 5.74) is 3.54. The topological polar surface area (TPSA) is 58.1 Å². The average Bonchev–Trinajstić information content (AvgIpc) is 3.19. The number of carbonyl (C=O) groups is 1. The average molecular weight is 427 g/mol. The van der Waals surface area contributed by atoms with Crippen LogP contribution in [0.2, 0.25) is 5.02 Å². The van der Waals surface area contributed by atoms with Crippen LogP contribution in [0.1, 0.15) is 24.0 Å². The predicted octanol–water partition coefficient (Wildman–Crippen LogP) is 5.02. The lowest BCUT2D eigenvalue weighted by atomic mass is 9.95. The molecule has 150 valence electrons. The minimum atomic E-state index is 0.0205. The Labute approximate surface area is 179 Å². The van der Waals surface area contributed by atoms with Crippen molar-refractivity contribution in [3.8, 4) is 10.6 Å².